The van der Waals surface area contributed by atoms with Crippen LogP contribution < -0.4 is 11.2 Å². The standard InChI is InChI=1S/C11H8F4N4OS/c12-7-2-8(20)5(1-6(7)11(13,14)15)3-17-19-10-18-9(16)4-21-10/h1-4,20H,16H2,(H,18,19). The minimum absolute atomic E-state index is 0.265. The molecule has 0 radical (unpaired) electrons. The highest BCUT2D eigenvalue weighted by Gasteiger charge is 2.34. The number of hydrazone groups is 1. The van der Waals surface area contributed by atoms with Crippen molar-refractivity contribution < 1.29 is 22.7 Å². The van der Waals surface area contributed by atoms with Crippen LogP contribution in [0.25, 0.3) is 0 Å². The van der Waals surface area contributed by atoms with Gasteiger partial charge in [-0.05, 0) is 6.07 Å². The van der Waals surface area contributed by atoms with Gasteiger partial charge in [0.15, 0.2) is 0 Å². The lowest BCUT2D eigenvalue weighted by Gasteiger charge is -2.09. The number of benzene rings is 1. The normalized spacial score (nSPS) is 12.0. The Morgan fingerprint density at radius 1 is 1.38 bits per heavy atom. The average molecular weight is 320 g/mol. The van der Waals surface area contributed by atoms with E-state index >= 15 is 0 Å². The predicted molar refractivity (Wildman–Crippen MR) is 70.8 cm³/mol. The van der Waals surface area contributed by atoms with Crippen LogP contribution in [0.3, 0.4) is 0 Å². The minimum Gasteiger partial charge on any atom is -0.507 e. The Labute approximate surface area is 119 Å². The van der Waals surface area contributed by atoms with Crippen molar-refractivity contribution in [2.45, 2.75) is 6.18 Å². The smallest absolute Gasteiger partial charge is 0.419 e. The largest absolute Gasteiger partial charge is 0.507 e. The fourth-order valence-corrected chi connectivity index (χ4v) is 1.94. The minimum atomic E-state index is -4.86. The van der Waals surface area contributed by atoms with E-state index in [-0.39, 0.29) is 11.4 Å². The maximum absolute atomic E-state index is 13.2. The summed E-state index contributed by atoms with van der Waals surface area (Å²) in [5.41, 5.74) is 6.02. The van der Waals surface area contributed by atoms with Gasteiger partial charge in [0, 0.05) is 17.0 Å². The van der Waals surface area contributed by atoms with Crippen LogP contribution in [0.4, 0.5) is 28.5 Å². The van der Waals surface area contributed by atoms with Crippen molar-refractivity contribution in [2.75, 3.05) is 11.2 Å². The molecule has 0 bridgehead atoms. The van der Waals surface area contributed by atoms with Crippen LogP contribution in [0, 0.1) is 5.82 Å². The van der Waals surface area contributed by atoms with Gasteiger partial charge < -0.3 is 10.8 Å². The summed E-state index contributed by atoms with van der Waals surface area (Å²) in [6.45, 7) is 0. The molecule has 0 saturated heterocycles. The molecule has 0 fully saturated rings. The number of phenolic OH excluding ortho intramolecular Hbond substituents is 1. The van der Waals surface area contributed by atoms with Gasteiger partial charge in [-0.2, -0.15) is 18.3 Å². The molecule has 112 valence electrons. The number of nitrogens with one attached hydrogen (secondary N) is 1. The predicted octanol–water partition coefficient (Wildman–Crippen LogP) is 3.03. The van der Waals surface area contributed by atoms with Gasteiger partial charge in [-0.1, -0.05) is 0 Å². The van der Waals surface area contributed by atoms with Crippen LogP contribution in [-0.2, 0) is 6.18 Å². The molecule has 0 atom stereocenters. The summed E-state index contributed by atoms with van der Waals surface area (Å²) in [5.74, 6) is -1.95. The van der Waals surface area contributed by atoms with Crippen LogP contribution in [-0.4, -0.2) is 16.3 Å². The fraction of sp³-hybridized carbons (Fsp3) is 0.0909. The second-order valence-electron chi connectivity index (χ2n) is 3.84. The second-order valence-corrected chi connectivity index (χ2v) is 4.69. The van der Waals surface area contributed by atoms with Gasteiger partial charge in [-0.3, -0.25) is 5.43 Å². The van der Waals surface area contributed by atoms with Gasteiger partial charge in [0.25, 0.3) is 0 Å². The third-order valence-corrected chi connectivity index (χ3v) is 3.07. The van der Waals surface area contributed by atoms with E-state index in [0.29, 0.717) is 17.3 Å². The first-order valence-corrected chi connectivity index (χ1v) is 6.25. The number of phenols is 1. The lowest BCUT2D eigenvalue weighted by Crippen LogP contribution is -2.09. The van der Waals surface area contributed by atoms with Crippen molar-refractivity contribution >= 4 is 28.5 Å². The van der Waals surface area contributed by atoms with Gasteiger partial charge in [-0.15, -0.1) is 11.3 Å². The lowest BCUT2D eigenvalue weighted by molar-refractivity contribution is -0.140. The van der Waals surface area contributed by atoms with Gasteiger partial charge in [0.1, 0.15) is 17.4 Å². The number of halogens is 4. The number of nitrogens with zero attached hydrogens (tertiary/aromatic N) is 2. The molecule has 1 aromatic carbocycles. The molecule has 2 aromatic rings. The highest BCUT2D eigenvalue weighted by atomic mass is 32.1. The van der Waals surface area contributed by atoms with E-state index in [0.717, 1.165) is 17.6 Å². The van der Waals surface area contributed by atoms with Crippen LogP contribution in [0.15, 0.2) is 22.6 Å². The highest BCUT2D eigenvalue weighted by Crippen LogP contribution is 2.34. The molecule has 0 aliphatic carbocycles. The monoisotopic (exact) mass is 320 g/mol. The molecule has 0 spiro atoms. The number of aromatic hydroxyl groups is 1. The number of alkyl halides is 3. The Balaban J connectivity index is 2.23. The molecule has 5 nitrogen and oxygen atoms in total. The van der Waals surface area contributed by atoms with Crippen LogP contribution in [0.5, 0.6) is 5.75 Å². The van der Waals surface area contributed by atoms with Crippen molar-refractivity contribution in [3.8, 4) is 5.75 Å². The Kier molecular flexibility index (Phi) is 3.98. The Morgan fingerprint density at radius 2 is 2.10 bits per heavy atom. The number of nitrogens with two attached hydrogens (primary N) is 1. The molecule has 0 aliphatic rings. The molecule has 1 aromatic heterocycles. The molecule has 0 amide bonds. The zero-order chi connectivity index (χ0) is 15.6. The summed E-state index contributed by atoms with van der Waals surface area (Å²) in [7, 11) is 0. The summed E-state index contributed by atoms with van der Waals surface area (Å²) in [6, 6.07) is 0.845. The average Bonchev–Trinajstić information content (AvgIpc) is 2.76. The van der Waals surface area contributed by atoms with Gasteiger partial charge in [0.2, 0.25) is 5.13 Å². The number of anilines is 2. The molecule has 10 heteroatoms. The Bertz CT molecular complexity index is 683. The maximum atomic E-state index is 13.2. The quantitative estimate of drug-likeness (QED) is 0.461. The molecule has 0 unspecified atom stereocenters. The van der Waals surface area contributed by atoms with Crippen LogP contribution >= 0.6 is 11.3 Å². The number of thiazole rings is 1. The topological polar surface area (TPSA) is 83.5 Å². The van der Waals surface area contributed by atoms with Crippen LogP contribution in [0.2, 0.25) is 0 Å². The summed E-state index contributed by atoms with van der Waals surface area (Å²) in [5, 5.41) is 14.9. The van der Waals surface area contributed by atoms with Crippen LogP contribution in [0.1, 0.15) is 11.1 Å². The Hall–Kier alpha value is -2.36. The molecule has 2 rings (SSSR count). The molecular weight excluding hydrogens is 312 g/mol. The number of hydrogen-bond donors (Lipinski definition) is 3. The summed E-state index contributed by atoms with van der Waals surface area (Å²) < 4.78 is 50.8. The first kappa shape index (κ1) is 15.0. The number of hydrogen-bond acceptors (Lipinski definition) is 6. The summed E-state index contributed by atoms with van der Waals surface area (Å²) in [4.78, 5) is 3.80. The molecule has 4 N–H and O–H groups in total. The summed E-state index contributed by atoms with van der Waals surface area (Å²) >= 11 is 1.14. The molecule has 0 saturated carbocycles. The second kappa shape index (κ2) is 5.56. The number of rotatable bonds is 3. The van der Waals surface area contributed by atoms with E-state index in [4.69, 9.17) is 5.73 Å². The lowest BCUT2D eigenvalue weighted by atomic mass is 10.1. The van der Waals surface area contributed by atoms with Crippen molar-refractivity contribution in [2.24, 2.45) is 5.10 Å². The number of nitrogen functional groups attached to an aromatic ring is 1. The van der Waals surface area contributed by atoms with Crippen molar-refractivity contribution in [1.29, 1.82) is 0 Å². The first-order valence-electron chi connectivity index (χ1n) is 5.37. The van der Waals surface area contributed by atoms with Gasteiger partial charge in [0.05, 0.1) is 11.8 Å². The summed E-state index contributed by atoms with van der Waals surface area (Å²) in [6.07, 6.45) is -3.95. The molecular formula is C11H8F4N4OS. The third kappa shape index (κ3) is 3.60. The molecule has 1 heterocycles. The SMILES string of the molecule is Nc1csc(NN=Cc2cc(C(F)(F)F)c(F)cc2O)n1. The fourth-order valence-electron chi connectivity index (χ4n) is 1.39. The van der Waals surface area contributed by atoms with E-state index in [9.17, 15) is 22.7 Å². The highest BCUT2D eigenvalue weighted by molar-refractivity contribution is 7.14. The van der Waals surface area contributed by atoms with E-state index < -0.39 is 23.3 Å². The molecule has 21 heavy (non-hydrogen) atoms. The van der Waals surface area contributed by atoms with Gasteiger partial charge in [-0.25, -0.2) is 9.37 Å². The van der Waals surface area contributed by atoms with E-state index in [1.807, 2.05) is 0 Å². The van der Waals surface area contributed by atoms with Gasteiger partial charge >= 0.3 is 6.18 Å². The van der Waals surface area contributed by atoms with E-state index in [1.165, 1.54) is 5.38 Å². The molecule has 0 aliphatic heterocycles. The maximum Gasteiger partial charge on any atom is 0.419 e. The first-order chi connectivity index (χ1) is 9.77. The van der Waals surface area contributed by atoms with E-state index in [2.05, 4.69) is 15.5 Å². The number of aromatic nitrogens is 1. The van der Waals surface area contributed by atoms with Crippen molar-refractivity contribution in [1.82, 2.24) is 4.98 Å². The third-order valence-electron chi connectivity index (χ3n) is 2.31. The zero-order valence-electron chi connectivity index (χ0n) is 10.1. The van der Waals surface area contributed by atoms with Crippen molar-refractivity contribution in [3.63, 3.8) is 0 Å². The Morgan fingerprint density at radius 3 is 2.67 bits per heavy atom. The van der Waals surface area contributed by atoms with E-state index in [1.54, 1.807) is 0 Å². The zero-order valence-corrected chi connectivity index (χ0v) is 11.0. The van der Waals surface area contributed by atoms with Crippen molar-refractivity contribution in [3.05, 3.63) is 34.5 Å².